The Morgan fingerprint density at radius 3 is 2.00 bits per heavy atom. The first kappa shape index (κ1) is 13.1. The van der Waals surface area contributed by atoms with Crippen LogP contribution in [0, 0.1) is 0 Å². The normalized spacial score (nSPS) is 45.5. The van der Waals surface area contributed by atoms with Gasteiger partial charge in [0.05, 0.1) is 0 Å². The molecule has 7 heteroatoms. The smallest absolute Gasteiger partial charge is 0.184 e. The standard InChI is InChI=1S/C6H13NO5.ClH/c7-1-2-3(8)4(9)5(10)6(11)12-2;/h2-6,8-11H,1,7H2;1H. The number of hydrogen-bond donors (Lipinski definition) is 5. The summed E-state index contributed by atoms with van der Waals surface area (Å²) < 4.78 is 4.70. The molecule has 6 N–H and O–H groups in total. The van der Waals surface area contributed by atoms with Gasteiger partial charge in [-0.05, 0) is 0 Å². The molecule has 1 heterocycles. The molecule has 0 aromatic carbocycles. The van der Waals surface area contributed by atoms with Gasteiger partial charge in [0, 0.05) is 6.54 Å². The summed E-state index contributed by atoms with van der Waals surface area (Å²) in [6.07, 6.45) is -6.48. The van der Waals surface area contributed by atoms with E-state index in [4.69, 9.17) is 25.8 Å². The molecule has 5 unspecified atom stereocenters. The van der Waals surface area contributed by atoms with E-state index in [1.807, 2.05) is 0 Å². The first-order valence-corrected chi connectivity index (χ1v) is 3.65. The fourth-order valence-electron chi connectivity index (χ4n) is 1.13. The fraction of sp³-hybridized carbons (Fsp3) is 1.00. The number of halogens is 1. The molecule has 0 saturated carbocycles. The number of aliphatic hydroxyl groups excluding tert-OH is 4. The van der Waals surface area contributed by atoms with Crippen molar-refractivity contribution in [3.8, 4) is 0 Å². The summed E-state index contributed by atoms with van der Waals surface area (Å²) in [5.74, 6) is 0. The van der Waals surface area contributed by atoms with Gasteiger partial charge in [-0.25, -0.2) is 0 Å². The highest BCUT2D eigenvalue weighted by Gasteiger charge is 2.42. The molecule has 1 saturated heterocycles. The van der Waals surface area contributed by atoms with Crippen LogP contribution in [0.4, 0.5) is 0 Å². The predicted octanol–water partition coefficient (Wildman–Crippen LogP) is -2.83. The molecule has 0 spiro atoms. The van der Waals surface area contributed by atoms with Gasteiger partial charge in [0.25, 0.3) is 0 Å². The molecule has 0 bridgehead atoms. The van der Waals surface area contributed by atoms with Gasteiger partial charge in [-0.1, -0.05) is 0 Å². The van der Waals surface area contributed by atoms with Gasteiger partial charge in [0.2, 0.25) is 0 Å². The second-order valence-electron chi connectivity index (χ2n) is 2.77. The summed E-state index contributed by atoms with van der Waals surface area (Å²) >= 11 is 0. The van der Waals surface area contributed by atoms with Crippen molar-refractivity contribution in [1.82, 2.24) is 0 Å². The molecule has 13 heavy (non-hydrogen) atoms. The lowest BCUT2D eigenvalue weighted by Crippen LogP contribution is -2.59. The van der Waals surface area contributed by atoms with Crippen LogP contribution < -0.4 is 5.73 Å². The fourth-order valence-corrected chi connectivity index (χ4v) is 1.13. The summed E-state index contributed by atoms with van der Waals surface area (Å²) in [7, 11) is 0. The van der Waals surface area contributed by atoms with Crippen molar-refractivity contribution >= 4 is 12.4 Å². The Kier molecular flexibility index (Phi) is 5.08. The van der Waals surface area contributed by atoms with E-state index in [1.165, 1.54) is 0 Å². The van der Waals surface area contributed by atoms with Gasteiger partial charge in [0.15, 0.2) is 6.29 Å². The van der Waals surface area contributed by atoms with Crippen molar-refractivity contribution in [2.45, 2.75) is 30.7 Å². The Balaban J connectivity index is 0.00000144. The maximum atomic E-state index is 9.20. The number of ether oxygens (including phenoxy) is 1. The Morgan fingerprint density at radius 1 is 1.00 bits per heavy atom. The van der Waals surface area contributed by atoms with Gasteiger partial charge >= 0.3 is 0 Å². The van der Waals surface area contributed by atoms with E-state index in [-0.39, 0.29) is 19.0 Å². The molecule has 1 aliphatic heterocycles. The van der Waals surface area contributed by atoms with E-state index >= 15 is 0 Å². The third kappa shape index (κ3) is 2.50. The van der Waals surface area contributed by atoms with Crippen LogP contribution in [0.1, 0.15) is 0 Å². The van der Waals surface area contributed by atoms with Crippen LogP contribution >= 0.6 is 12.4 Å². The van der Waals surface area contributed by atoms with Crippen molar-refractivity contribution in [2.75, 3.05) is 6.54 Å². The van der Waals surface area contributed by atoms with E-state index in [1.54, 1.807) is 0 Å². The SMILES string of the molecule is Cl.NCC1OC(O)C(O)C(O)C1O. The summed E-state index contributed by atoms with van der Waals surface area (Å²) in [5, 5.41) is 36.3. The molecule has 0 aromatic heterocycles. The largest absolute Gasteiger partial charge is 0.388 e. The summed E-state index contributed by atoms with van der Waals surface area (Å²) in [6.45, 7) is -0.0258. The van der Waals surface area contributed by atoms with Crippen LogP contribution in [0.2, 0.25) is 0 Å². The minimum Gasteiger partial charge on any atom is -0.388 e. The quantitative estimate of drug-likeness (QED) is 0.322. The van der Waals surface area contributed by atoms with E-state index in [9.17, 15) is 5.11 Å². The van der Waals surface area contributed by atoms with E-state index in [2.05, 4.69) is 0 Å². The first-order valence-electron chi connectivity index (χ1n) is 3.65. The Hall–Kier alpha value is 0.0500. The van der Waals surface area contributed by atoms with Crippen molar-refractivity contribution in [3.63, 3.8) is 0 Å². The summed E-state index contributed by atoms with van der Waals surface area (Å²) in [6, 6.07) is 0. The lowest BCUT2D eigenvalue weighted by Gasteiger charge is -2.37. The van der Waals surface area contributed by atoms with Crippen LogP contribution in [0.25, 0.3) is 0 Å². The molecule has 0 aromatic rings. The number of nitrogens with two attached hydrogens (primary N) is 1. The molecule has 0 aliphatic carbocycles. The Morgan fingerprint density at radius 2 is 1.54 bits per heavy atom. The summed E-state index contributed by atoms with van der Waals surface area (Å²) in [4.78, 5) is 0. The third-order valence-corrected chi connectivity index (χ3v) is 1.92. The molecular weight excluding hydrogens is 202 g/mol. The van der Waals surface area contributed by atoms with Crippen molar-refractivity contribution in [1.29, 1.82) is 0 Å². The molecule has 5 atom stereocenters. The monoisotopic (exact) mass is 215 g/mol. The van der Waals surface area contributed by atoms with Gasteiger partial charge in [-0.15, -0.1) is 12.4 Å². The highest BCUT2D eigenvalue weighted by atomic mass is 35.5. The third-order valence-electron chi connectivity index (χ3n) is 1.92. The van der Waals surface area contributed by atoms with Gasteiger partial charge in [-0.2, -0.15) is 0 Å². The molecule has 0 radical (unpaired) electrons. The minimum absolute atomic E-state index is 0. The van der Waals surface area contributed by atoms with Crippen LogP contribution in [-0.2, 0) is 4.74 Å². The lowest BCUT2D eigenvalue weighted by atomic mass is 9.99. The van der Waals surface area contributed by atoms with Crippen LogP contribution in [-0.4, -0.2) is 57.7 Å². The van der Waals surface area contributed by atoms with Crippen molar-refractivity contribution in [2.24, 2.45) is 5.73 Å². The Bertz CT molecular complexity index is 155. The van der Waals surface area contributed by atoms with Gasteiger partial charge in [-0.3, -0.25) is 0 Å². The van der Waals surface area contributed by atoms with Gasteiger partial charge in [0.1, 0.15) is 24.4 Å². The second kappa shape index (κ2) is 5.06. The predicted molar refractivity (Wildman–Crippen MR) is 45.2 cm³/mol. The average Bonchev–Trinajstić information content (AvgIpc) is 2.08. The maximum Gasteiger partial charge on any atom is 0.184 e. The average molecular weight is 216 g/mol. The number of rotatable bonds is 1. The number of aliphatic hydroxyl groups is 4. The van der Waals surface area contributed by atoms with Crippen molar-refractivity contribution in [3.05, 3.63) is 0 Å². The first-order chi connectivity index (χ1) is 5.57. The van der Waals surface area contributed by atoms with Crippen LogP contribution in [0.5, 0.6) is 0 Å². The summed E-state index contributed by atoms with van der Waals surface area (Å²) in [5.41, 5.74) is 5.17. The van der Waals surface area contributed by atoms with Gasteiger partial charge < -0.3 is 30.9 Å². The van der Waals surface area contributed by atoms with Crippen molar-refractivity contribution < 1.29 is 25.2 Å². The second-order valence-corrected chi connectivity index (χ2v) is 2.77. The Labute approximate surface area is 81.3 Å². The lowest BCUT2D eigenvalue weighted by molar-refractivity contribution is -0.279. The van der Waals surface area contributed by atoms with Crippen LogP contribution in [0.3, 0.4) is 0 Å². The zero-order valence-electron chi connectivity index (χ0n) is 6.78. The minimum atomic E-state index is -1.49. The van der Waals surface area contributed by atoms with E-state index in [0.717, 1.165) is 0 Å². The molecule has 80 valence electrons. The highest BCUT2D eigenvalue weighted by Crippen LogP contribution is 2.18. The zero-order valence-corrected chi connectivity index (χ0v) is 7.59. The topological polar surface area (TPSA) is 116 Å². The molecule has 0 amide bonds. The number of hydrogen-bond acceptors (Lipinski definition) is 6. The zero-order chi connectivity index (χ0) is 9.30. The molecular formula is C6H14ClNO5. The molecule has 1 fully saturated rings. The molecule has 1 rings (SSSR count). The maximum absolute atomic E-state index is 9.20. The molecule has 6 nitrogen and oxygen atoms in total. The highest BCUT2D eigenvalue weighted by molar-refractivity contribution is 5.85. The van der Waals surface area contributed by atoms with Crippen LogP contribution in [0.15, 0.2) is 0 Å². The van der Waals surface area contributed by atoms with E-state index < -0.39 is 30.7 Å². The van der Waals surface area contributed by atoms with E-state index in [0.29, 0.717) is 0 Å². The molecule has 1 aliphatic rings.